The van der Waals surface area contributed by atoms with Gasteiger partial charge in [0.2, 0.25) is 0 Å². The van der Waals surface area contributed by atoms with Crippen molar-refractivity contribution >= 4 is 5.78 Å². The van der Waals surface area contributed by atoms with E-state index in [1.165, 1.54) is 18.2 Å². The van der Waals surface area contributed by atoms with Crippen molar-refractivity contribution in [2.45, 2.75) is 0 Å². The lowest BCUT2D eigenvalue weighted by Crippen LogP contribution is -1.97. The topological polar surface area (TPSA) is 64.7 Å². The normalized spacial score (nSPS) is 8.17. The van der Waals surface area contributed by atoms with Gasteiger partial charge in [0.05, 0.1) is 17.2 Å². The molecule has 0 fully saturated rings. The zero-order valence-corrected chi connectivity index (χ0v) is 6.11. The largest absolute Gasteiger partial charge is 0.277 e. The van der Waals surface area contributed by atoms with E-state index >= 15 is 0 Å². The summed E-state index contributed by atoms with van der Waals surface area (Å²) in [7, 11) is 0. The molecule has 1 aromatic rings. The van der Waals surface area contributed by atoms with Crippen LogP contribution in [-0.4, -0.2) is 5.78 Å². The number of nitrogens with zero attached hydrogens (tertiary/aromatic N) is 2. The van der Waals surface area contributed by atoms with E-state index in [1.54, 1.807) is 12.1 Å². The molecule has 0 atom stereocenters. The fourth-order valence-corrected chi connectivity index (χ4v) is 0.839. The van der Waals surface area contributed by atoms with Gasteiger partial charge in [0.1, 0.15) is 6.07 Å². The summed E-state index contributed by atoms with van der Waals surface area (Å²) in [6.07, 6.45) is 0. The van der Waals surface area contributed by atoms with Crippen LogP contribution in [0.5, 0.6) is 0 Å². The number of nitriles is 2. The van der Waals surface area contributed by atoms with E-state index in [4.69, 9.17) is 10.5 Å². The molecule has 12 heavy (non-hydrogen) atoms. The number of benzene rings is 1. The molecule has 0 heterocycles. The van der Waals surface area contributed by atoms with E-state index in [1.807, 2.05) is 6.07 Å². The molecule has 0 spiro atoms. The lowest BCUT2D eigenvalue weighted by molar-refractivity contribution is 0.105. The second-order valence-electron chi connectivity index (χ2n) is 2.10. The van der Waals surface area contributed by atoms with Crippen molar-refractivity contribution < 1.29 is 4.79 Å². The van der Waals surface area contributed by atoms with Crippen LogP contribution >= 0.6 is 0 Å². The summed E-state index contributed by atoms with van der Waals surface area (Å²) in [5.41, 5.74) is 0.409. The van der Waals surface area contributed by atoms with E-state index in [0.29, 0.717) is 0 Å². The third-order valence-electron chi connectivity index (χ3n) is 1.39. The minimum atomic E-state index is -0.674. The minimum absolute atomic E-state index is 0.169. The summed E-state index contributed by atoms with van der Waals surface area (Å²) in [6.45, 7) is 0. The molecular formula is C9H4N2O. The van der Waals surface area contributed by atoms with Crippen LogP contribution in [0.4, 0.5) is 0 Å². The van der Waals surface area contributed by atoms with Crippen LogP contribution in [0, 0.1) is 22.7 Å². The highest BCUT2D eigenvalue weighted by Gasteiger charge is 2.08. The molecule has 3 heteroatoms. The Morgan fingerprint density at radius 3 is 2.50 bits per heavy atom. The molecular weight excluding hydrogens is 152 g/mol. The summed E-state index contributed by atoms with van der Waals surface area (Å²) in [4.78, 5) is 10.9. The average Bonchev–Trinajstić information content (AvgIpc) is 2.16. The standard InChI is InChI=1S/C9H4N2O/c10-5-7-3-1-2-4-8(7)9(12)6-11/h1-4H. The third kappa shape index (κ3) is 1.31. The maximum absolute atomic E-state index is 10.9. The molecule has 0 amide bonds. The highest BCUT2D eigenvalue weighted by atomic mass is 16.1. The molecule has 0 aliphatic heterocycles. The lowest BCUT2D eigenvalue weighted by Gasteiger charge is -1.93. The predicted octanol–water partition coefficient (Wildman–Crippen LogP) is 1.26. The SMILES string of the molecule is N#CC(=O)c1ccccc1C#N. The lowest BCUT2D eigenvalue weighted by atomic mass is 10.1. The minimum Gasteiger partial charge on any atom is -0.277 e. The highest BCUT2D eigenvalue weighted by Crippen LogP contribution is 2.06. The molecule has 0 saturated heterocycles. The van der Waals surface area contributed by atoms with Crippen molar-refractivity contribution in [2.75, 3.05) is 0 Å². The van der Waals surface area contributed by atoms with Gasteiger partial charge in [0.15, 0.2) is 0 Å². The first kappa shape index (κ1) is 7.97. The highest BCUT2D eigenvalue weighted by molar-refractivity contribution is 6.08. The first-order valence-electron chi connectivity index (χ1n) is 3.23. The molecule has 0 N–H and O–H groups in total. The van der Waals surface area contributed by atoms with E-state index in [2.05, 4.69) is 0 Å². The van der Waals surface area contributed by atoms with E-state index in [0.717, 1.165) is 0 Å². The number of carbonyl (C=O) groups is 1. The monoisotopic (exact) mass is 156 g/mol. The van der Waals surface area contributed by atoms with Crippen LogP contribution in [-0.2, 0) is 0 Å². The first-order chi connectivity index (χ1) is 5.79. The van der Waals surface area contributed by atoms with Crippen LogP contribution in [0.1, 0.15) is 15.9 Å². The van der Waals surface area contributed by atoms with Crippen molar-refractivity contribution in [1.29, 1.82) is 10.5 Å². The quantitative estimate of drug-likeness (QED) is 0.454. The molecule has 56 valence electrons. The maximum Gasteiger partial charge on any atom is 0.263 e. The molecule has 1 aromatic carbocycles. The van der Waals surface area contributed by atoms with Crippen molar-refractivity contribution in [1.82, 2.24) is 0 Å². The van der Waals surface area contributed by atoms with Crippen molar-refractivity contribution in [3.8, 4) is 12.1 Å². The van der Waals surface area contributed by atoms with Crippen molar-refractivity contribution in [2.24, 2.45) is 0 Å². The molecule has 0 aromatic heterocycles. The van der Waals surface area contributed by atoms with Gasteiger partial charge in [-0.25, -0.2) is 0 Å². The summed E-state index contributed by atoms with van der Waals surface area (Å²) in [5, 5.41) is 16.9. The number of ketones is 1. The molecule has 0 aliphatic rings. The number of rotatable bonds is 1. The van der Waals surface area contributed by atoms with Gasteiger partial charge in [-0.2, -0.15) is 10.5 Å². The Balaban J connectivity index is 3.27. The fraction of sp³-hybridized carbons (Fsp3) is 0. The van der Waals surface area contributed by atoms with Crippen LogP contribution in [0.15, 0.2) is 24.3 Å². The Labute approximate surface area is 69.5 Å². The van der Waals surface area contributed by atoms with E-state index in [9.17, 15) is 4.79 Å². The number of hydrogen-bond donors (Lipinski definition) is 0. The van der Waals surface area contributed by atoms with Gasteiger partial charge < -0.3 is 0 Å². The van der Waals surface area contributed by atoms with Crippen LogP contribution in [0.3, 0.4) is 0 Å². The molecule has 0 unspecified atom stereocenters. The second-order valence-corrected chi connectivity index (χ2v) is 2.10. The Kier molecular flexibility index (Phi) is 2.20. The van der Waals surface area contributed by atoms with Gasteiger partial charge in [0.25, 0.3) is 5.78 Å². The van der Waals surface area contributed by atoms with Gasteiger partial charge in [-0.1, -0.05) is 12.1 Å². The number of Topliss-reactive ketones (excluding diaryl/α,β-unsaturated/α-hetero) is 1. The summed E-state index contributed by atoms with van der Waals surface area (Å²) < 4.78 is 0. The number of carbonyl (C=O) groups excluding carboxylic acids is 1. The summed E-state index contributed by atoms with van der Waals surface area (Å²) in [5.74, 6) is -0.674. The predicted molar refractivity (Wildman–Crippen MR) is 41.1 cm³/mol. The molecule has 0 aliphatic carbocycles. The van der Waals surface area contributed by atoms with Crippen LogP contribution < -0.4 is 0 Å². The van der Waals surface area contributed by atoms with Gasteiger partial charge in [-0.3, -0.25) is 4.79 Å². The molecule has 0 saturated carbocycles. The molecule has 3 nitrogen and oxygen atoms in total. The van der Waals surface area contributed by atoms with E-state index in [-0.39, 0.29) is 11.1 Å². The zero-order chi connectivity index (χ0) is 8.97. The Morgan fingerprint density at radius 1 is 1.25 bits per heavy atom. The molecule has 1 rings (SSSR count). The summed E-state index contributed by atoms with van der Waals surface area (Å²) in [6, 6.07) is 9.53. The van der Waals surface area contributed by atoms with Gasteiger partial charge in [-0.05, 0) is 12.1 Å². The van der Waals surface area contributed by atoms with Crippen LogP contribution in [0.25, 0.3) is 0 Å². The van der Waals surface area contributed by atoms with Gasteiger partial charge in [-0.15, -0.1) is 0 Å². The van der Waals surface area contributed by atoms with Crippen molar-refractivity contribution in [3.63, 3.8) is 0 Å². The Morgan fingerprint density at radius 2 is 1.92 bits per heavy atom. The molecule has 0 bridgehead atoms. The van der Waals surface area contributed by atoms with Gasteiger partial charge >= 0.3 is 0 Å². The average molecular weight is 156 g/mol. The first-order valence-corrected chi connectivity index (χ1v) is 3.23. The second kappa shape index (κ2) is 3.32. The summed E-state index contributed by atoms with van der Waals surface area (Å²) >= 11 is 0. The third-order valence-corrected chi connectivity index (χ3v) is 1.39. The Bertz CT molecular complexity index is 396. The maximum atomic E-state index is 10.9. The Hall–Kier alpha value is -2.13. The van der Waals surface area contributed by atoms with Crippen molar-refractivity contribution in [3.05, 3.63) is 35.4 Å². The van der Waals surface area contributed by atoms with Crippen LogP contribution in [0.2, 0.25) is 0 Å². The number of hydrogen-bond acceptors (Lipinski definition) is 3. The smallest absolute Gasteiger partial charge is 0.263 e. The molecule has 0 radical (unpaired) electrons. The fourth-order valence-electron chi connectivity index (χ4n) is 0.839. The zero-order valence-electron chi connectivity index (χ0n) is 6.11. The van der Waals surface area contributed by atoms with E-state index < -0.39 is 5.78 Å². The van der Waals surface area contributed by atoms with Gasteiger partial charge in [0, 0.05) is 0 Å².